The number of benzene rings is 1. The lowest BCUT2D eigenvalue weighted by molar-refractivity contribution is 0.0926. The molecule has 0 bridgehead atoms. The molecule has 3 aromatic rings. The first-order chi connectivity index (χ1) is 12.7. The predicted molar refractivity (Wildman–Crippen MR) is 106 cm³/mol. The van der Waals surface area contributed by atoms with Crippen LogP contribution in [-0.4, -0.2) is 28.0 Å². The fourth-order valence-corrected chi connectivity index (χ4v) is 4.14. The number of aromatic nitrogens is 2. The number of nitrogens with zero attached hydrogens (tertiary/aromatic N) is 2. The van der Waals surface area contributed by atoms with Crippen LogP contribution in [0.25, 0.3) is 10.9 Å². The minimum absolute atomic E-state index is 0.0617. The lowest BCUT2D eigenvalue weighted by Crippen LogP contribution is -2.40. The second kappa shape index (κ2) is 7.60. The Kier molecular flexibility index (Phi) is 5.04. The van der Waals surface area contributed by atoms with E-state index >= 15 is 0 Å². The summed E-state index contributed by atoms with van der Waals surface area (Å²) in [7, 11) is 0. The molecule has 2 aromatic heterocycles. The van der Waals surface area contributed by atoms with Crippen LogP contribution in [0, 0.1) is 0 Å². The molecule has 5 nitrogen and oxygen atoms in total. The number of pyridine rings is 1. The van der Waals surface area contributed by atoms with Crippen LogP contribution in [0.15, 0.2) is 42.0 Å². The Morgan fingerprint density at radius 1 is 1.08 bits per heavy atom. The maximum absolute atomic E-state index is 12.1. The molecule has 0 unspecified atom stereocenters. The van der Waals surface area contributed by atoms with Gasteiger partial charge >= 0.3 is 0 Å². The average Bonchev–Trinajstić information content (AvgIpc) is 3.18. The van der Waals surface area contributed by atoms with Crippen molar-refractivity contribution in [1.29, 1.82) is 0 Å². The van der Waals surface area contributed by atoms with Crippen molar-refractivity contribution < 1.29 is 4.79 Å². The monoisotopic (exact) mass is 386 g/mol. The Bertz CT molecular complexity index is 907. The third-order valence-corrected chi connectivity index (χ3v) is 5.76. The van der Waals surface area contributed by atoms with Crippen LogP contribution in [0.2, 0.25) is 5.02 Å². The van der Waals surface area contributed by atoms with E-state index in [1.165, 1.54) is 11.3 Å². The van der Waals surface area contributed by atoms with Crippen molar-refractivity contribution in [1.82, 2.24) is 15.3 Å². The van der Waals surface area contributed by atoms with Gasteiger partial charge in [-0.15, -0.1) is 11.3 Å². The minimum Gasteiger partial charge on any atom is -0.382 e. The van der Waals surface area contributed by atoms with E-state index in [4.69, 9.17) is 11.6 Å². The van der Waals surface area contributed by atoms with Crippen molar-refractivity contribution in [3.05, 3.63) is 52.1 Å². The van der Waals surface area contributed by atoms with Gasteiger partial charge in [0.25, 0.3) is 5.91 Å². The normalized spacial score (nSPS) is 20.0. The number of halogens is 1. The molecule has 1 aliphatic carbocycles. The molecule has 1 aromatic carbocycles. The quantitative estimate of drug-likeness (QED) is 0.692. The standard InChI is InChI=1S/C19H19ClN4OS/c20-12-1-6-15-16(7-8-21-17(15)11-12)23-13-2-4-14(5-3-13)24-18(25)19-22-9-10-26-19/h1,6-11,13-14H,2-5H2,(H,21,23)(H,24,25). The molecule has 0 atom stereocenters. The summed E-state index contributed by atoms with van der Waals surface area (Å²) in [5.74, 6) is -0.0617. The molecule has 0 radical (unpaired) electrons. The highest BCUT2D eigenvalue weighted by Gasteiger charge is 2.23. The largest absolute Gasteiger partial charge is 0.382 e. The van der Waals surface area contributed by atoms with Crippen LogP contribution in [0.4, 0.5) is 5.69 Å². The van der Waals surface area contributed by atoms with E-state index < -0.39 is 0 Å². The number of rotatable bonds is 4. The Morgan fingerprint density at radius 3 is 2.65 bits per heavy atom. The third kappa shape index (κ3) is 3.81. The minimum atomic E-state index is -0.0617. The molecule has 2 N–H and O–H groups in total. The molecular weight excluding hydrogens is 368 g/mol. The van der Waals surface area contributed by atoms with Crippen LogP contribution in [0.1, 0.15) is 35.5 Å². The number of carbonyl (C=O) groups is 1. The summed E-state index contributed by atoms with van der Waals surface area (Å²) in [4.78, 5) is 20.6. The maximum atomic E-state index is 12.1. The number of thiazole rings is 1. The molecule has 4 rings (SSSR count). The van der Waals surface area contributed by atoms with Crippen LogP contribution in [0.3, 0.4) is 0 Å². The van der Waals surface area contributed by atoms with Crippen LogP contribution in [0.5, 0.6) is 0 Å². The molecule has 2 heterocycles. The third-order valence-electron chi connectivity index (χ3n) is 4.75. The van der Waals surface area contributed by atoms with E-state index in [1.54, 1.807) is 12.4 Å². The van der Waals surface area contributed by atoms with Gasteiger partial charge in [-0.25, -0.2) is 4.98 Å². The molecule has 0 aliphatic heterocycles. The highest BCUT2D eigenvalue weighted by atomic mass is 35.5. The molecule has 134 valence electrons. The smallest absolute Gasteiger partial charge is 0.280 e. The highest BCUT2D eigenvalue weighted by molar-refractivity contribution is 7.11. The fraction of sp³-hybridized carbons (Fsp3) is 0.316. The van der Waals surface area contributed by atoms with Crippen molar-refractivity contribution in [2.24, 2.45) is 0 Å². The second-order valence-corrected chi connectivity index (χ2v) is 7.85. The van der Waals surface area contributed by atoms with E-state index in [0.717, 1.165) is 42.3 Å². The maximum Gasteiger partial charge on any atom is 0.280 e. The highest BCUT2D eigenvalue weighted by Crippen LogP contribution is 2.28. The van der Waals surface area contributed by atoms with E-state index in [-0.39, 0.29) is 11.9 Å². The topological polar surface area (TPSA) is 66.9 Å². The summed E-state index contributed by atoms with van der Waals surface area (Å²) >= 11 is 7.43. The number of carbonyl (C=O) groups excluding carboxylic acids is 1. The van der Waals surface area contributed by atoms with E-state index in [9.17, 15) is 4.79 Å². The van der Waals surface area contributed by atoms with E-state index in [0.29, 0.717) is 16.1 Å². The van der Waals surface area contributed by atoms with Gasteiger partial charge in [-0.05, 0) is 49.9 Å². The number of anilines is 1. The van der Waals surface area contributed by atoms with Crippen molar-refractivity contribution >= 4 is 45.4 Å². The van der Waals surface area contributed by atoms with Crippen molar-refractivity contribution in [3.63, 3.8) is 0 Å². The Balaban J connectivity index is 1.36. The number of nitrogens with one attached hydrogen (secondary N) is 2. The molecule has 1 aliphatic rings. The number of hydrogen-bond acceptors (Lipinski definition) is 5. The molecule has 0 saturated heterocycles. The Labute approximate surface area is 160 Å². The van der Waals surface area contributed by atoms with Gasteiger partial charge in [-0.3, -0.25) is 9.78 Å². The van der Waals surface area contributed by atoms with Crippen LogP contribution < -0.4 is 10.6 Å². The fourth-order valence-electron chi connectivity index (χ4n) is 3.43. The van der Waals surface area contributed by atoms with Gasteiger partial charge in [0, 0.05) is 46.0 Å². The van der Waals surface area contributed by atoms with Crippen LogP contribution >= 0.6 is 22.9 Å². The van der Waals surface area contributed by atoms with Crippen LogP contribution in [-0.2, 0) is 0 Å². The van der Waals surface area contributed by atoms with Gasteiger partial charge in [-0.1, -0.05) is 11.6 Å². The van der Waals surface area contributed by atoms with E-state index in [2.05, 4.69) is 20.6 Å². The zero-order valence-corrected chi connectivity index (χ0v) is 15.7. The summed E-state index contributed by atoms with van der Waals surface area (Å²) < 4.78 is 0. The van der Waals surface area contributed by atoms with Crippen molar-refractivity contribution in [2.45, 2.75) is 37.8 Å². The average molecular weight is 387 g/mol. The summed E-state index contributed by atoms with van der Waals surface area (Å²) in [5, 5.41) is 10.9. The number of amides is 1. The van der Waals surface area contributed by atoms with E-state index in [1.807, 2.05) is 29.6 Å². The molecular formula is C19H19ClN4OS. The predicted octanol–water partition coefficient (Wildman–Crippen LogP) is 4.50. The Morgan fingerprint density at radius 2 is 1.88 bits per heavy atom. The summed E-state index contributed by atoms with van der Waals surface area (Å²) in [6, 6.07) is 8.40. The molecule has 7 heteroatoms. The van der Waals surface area contributed by atoms with Gasteiger partial charge < -0.3 is 10.6 Å². The first-order valence-corrected chi connectivity index (χ1v) is 9.96. The molecule has 1 saturated carbocycles. The molecule has 0 spiro atoms. The second-order valence-electron chi connectivity index (χ2n) is 6.52. The lowest BCUT2D eigenvalue weighted by atomic mass is 9.91. The number of fused-ring (bicyclic) bond motifs is 1. The Hall–Kier alpha value is -2.18. The zero-order valence-electron chi connectivity index (χ0n) is 14.1. The summed E-state index contributed by atoms with van der Waals surface area (Å²) in [6.07, 6.45) is 7.42. The SMILES string of the molecule is O=C(NC1CCC(Nc2ccnc3cc(Cl)ccc23)CC1)c1nccs1. The van der Waals surface area contributed by atoms with Gasteiger partial charge in [0.15, 0.2) is 5.01 Å². The molecule has 26 heavy (non-hydrogen) atoms. The lowest BCUT2D eigenvalue weighted by Gasteiger charge is -2.30. The molecule has 1 fully saturated rings. The van der Waals surface area contributed by atoms with Gasteiger partial charge in [-0.2, -0.15) is 0 Å². The summed E-state index contributed by atoms with van der Waals surface area (Å²) in [6.45, 7) is 0. The number of hydrogen-bond donors (Lipinski definition) is 2. The first kappa shape index (κ1) is 17.2. The van der Waals surface area contributed by atoms with Gasteiger partial charge in [0.1, 0.15) is 0 Å². The molecule has 1 amide bonds. The van der Waals surface area contributed by atoms with Gasteiger partial charge in [0.2, 0.25) is 0 Å². The van der Waals surface area contributed by atoms with Gasteiger partial charge in [0.05, 0.1) is 5.52 Å². The zero-order chi connectivity index (χ0) is 17.9. The van der Waals surface area contributed by atoms with Crippen molar-refractivity contribution in [3.8, 4) is 0 Å². The van der Waals surface area contributed by atoms with Crippen molar-refractivity contribution in [2.75, 3.05) is 5.32 Å². The first-order valence-electron chi connectivity index (χ1n) is 8.70. The summed E-state index contributed by atoms with van der Waals surface area (Å²) in [5.41, 5.74) is 1.98.